The molecule has 1 N–H and O–H groups in total. The fraction of sp³-hybridized carbons (Fsp3) is 0.125. The Morgan fingerprint density at radius 2 is 1.81 bits per heavy atom. The van der Waals surface area contributed by atoms with Gasteiger partial charge in [0.2, 0.25) is 0 Å². The van der Waals surface area contributed by atoms with Gasteiger partial charge in [0.15, 0.2) is 11.5 Å². The van der Waals surface area contributed by atoms with Crippen LogP contribution in [0.2, 0.25) is 0 Å². The molecule has 0 radical (unpaired) electrons. The molecule has 1 aromatic heterocycles. The molecule has 31 heavy (non-hydrogen) atoms. The Hall–Kier alpha value is -3.45. The molecule has 0 saturated carbocycles. The summed E-state index contributed by atoms with van der Waals surface area (Å²) in [5.41, 5.74) is 2.67. The first-order valence-corrected chi connectivity index (χ1v) is 10.5. The number of fused-ring (bicyclic) bond motifs is 1. The Kier molecular flexibility index (Phi) is 5.86. The fourth-order valence-corrected chi connectivity index (χ4v) is 3.91. The zero-order valence-corrected chi connectivity index (χ0v) is 18.3. The van der Waals surface area contributed by atoms with Crippen LogP contribution in [0.5, 0.6) is 11.5 Å². The number of carbonyl (C=O) groups excluding carboxylic acids is 2. The summed E-state index contributed by atoms with van der Waals surface area (Å²) in [6.45, 7) is 2.28. The van der Waals surface area contributed by atoms with Crippen molar-refractivity contribution in [2.45, 2.75) is 13.5 Å². The highest BCUT2D eigenvalue weighted by molar-refractivity contribution is 9.10. The number of amides is 2. The molecule has 6 nitrogen and oxygen atoms in total. The predicted octanol–water partition coefficient (Wildman–Crippen LogP) is 4.67. The number of hydrogen-bond donors (Lipinski definition) is 1. The summed E-state index contributed by atoms with van der Waals surface area (Å²) in [6.07, 6.45) is 3.33. The van der Waals surface area contributed by atoms with Crippen molar-refractivity contribution >= 4 is 39.4 Å². The maximum Gasteiger partial charge on any atom is 0.261 e. The van der Waals surface area contributed by atoms with Gasteiger partial charge in [0, 0.05) is 17.3 Å². The van der Waals surface area contributed by atoms with Gasteiger partial charge in [-0.1, -0.05) is 24.3 Å². The molecule has 0 unspecified atom stereocenters. The van der Waals surface area contributed by atoms with E-state index in [2.05, 4.69) is 20.9 Å². The summed E-state index contributed by atoms with van der Waals surface area (Å²) in [4.78, 5) is 31.9. The molecule has 3 aromatic rings. The Balaban J connectivity index is 1.82. The van der Waals surface area contributed by atoms with E-state index in [1.807, 2.05) is 13.0 Å². The van der Waals surface area contributed by atoms with Crippen LogP contribution in [-0.2, 0) is 11.3 Å². The number of benzene rings is 2. The zero-order valence-electron chi connectivity index (χ0n) is 16.7. The summed E-state index contributed by atoms with van der Waals surface area (Å²) in [6, 6.07) is 15.8. The van der Waals surface area contributed by atoms with E-state index in [1.54, 1.807) is 60.8 Å². The van der Waals surface area contributed by atoms with Crippen LogP contribution in [0, 0.1) is 0 Å². The van der Waals surface area contributed by atoms with Crippen LogP contribution in [0.25, 0.3) is 11.6 Å². The summed E-state index contributed by atoms with van der Waals surface area (Å²) >= 11 is 3.33. The van der Waals surface area contributed by atoms with Crippen molar-refractivity contribution in [2.75, 3.05) is 6.61 Å². The lowest BCUT2D eigenvalue weighted by Gasteiger charge is -2.28. The minimum Gasteiger partial charge on any atom is -0.503 e. The van der Waals surface area contributed by atoms with Gasteiger partial charge in [-0.2, -0.15) is 0 Å². The topological polar surface area (TPSA) is 79.7 Å². The van der Waals surface area contributed by atoms with E-state index >= 15 is 0 Å². The minimum atomic E-state index is -0.406. The highest BCUT2D eigenvalue weighted by Crippen LogP contribution is 2.38. The predicted molar refractivity (Wildman–Crippen MR) is 120 cm³/mol. The molecule has 0 atom stereocenters. The molecule has 0 spiro atoms. The summed E-state index contributed by atoms with van der Waals surface area (Å²) in [5, 5.41) is 10.2. The molecule has 7 heteroatoms. The van der Waals surface area contributed by atoms with Crippen molar-refractivity contribution in [3.05, 3.63) is 87.7 Å². The average molecular weight is 479 g/mol. The van der Waals surface area contributed by atoms with Crippen LogP contribution in [0.3, 0.4) is 0 Å². The number of halogens is 1. The Morgan fingerprint density at radius 1 is 1.06 bits per heavy atom. The molecule has 0 saturated heterocycles. The number of imide groups is 1. The van der Waals surface area contributed by atoms with E-state index < -0.39 is 5.91 Å². The van der Waals surface area contributed by atoms with Gasteiger partial charge in [-0.05, 0) is 70.4 Å². The number of pyridine rings is 1. The van der Waals surface area contributed by atoms with Crippen molar-refractivity contribution in [3.63, 3.8) is 0 Å². The zero-order chi connectivity index (χ0) is 22.0. The van der Waals surface area contributed by atoms with E-state index in [-0.39, 0.29) is 18.2 Å². The van der Waals surface area contributed by atoms with Crippen LogP contribution >= 0.6 is 15.9 Å². The van der Waals surface area contributed by atoms with Crippen LogP contribution in [0.1, 0.15) is 34.1 Å². The van der Waals surface area contributed by atoms with E-state index in [1.165, 1.54) is 4.90 Å². The monoisotopic (exact) mass is 478 g/mol. The third-order valence-corrected chi connectivity index (χ3v) is 5.48. The second-order valence-electron chi connectivity index (χ2n) is 6.90. The van der Waals surface area contributed by atoms with Crippen molar-refractivity contribution in [1.82, 2.24) is 9.88 Å². The smallest absolute Gasteiger partial charge is 0.261 e. The SMILES string of the molecule is CCOc1cc(/C=C2/C(=O)N(Cc3ccccn3)C(=O)c3ccccc32)cc(Br)c1O. The second-order valence-corrected chi connectivity index (χ2v) is 7.76. The lowest BCUT2D eigenvalue weighted by Crippen LogP contribution is -2.41. The van der Waals surface area contributed by atoms with E-state index in [0.29, 0.717) is 44.8 Å². The summed E-state index contributed by atoms with van der Waals surface area (Å²) in [7, 11) is 0. The maximum absolute atomic E-state index is 13.4. The van der Waals surface area contributed by atoms with E-state index in [0.717, 1.165) is 0 Å². The number of carbonyl (C=O) groups is 2. The normalized spacial score (nSPS) is 14.6. The van der Waals surface area contributed by atoms with E-state index in [9.17, 15) is 14.7 Å². The number of phenols is 1. The summed E-state index contributed by atoms with van der Waals surface area (Å²) < 4.78 is 5.94. The third kappa shape index (κ3) is 4.09. The van der Waals surface area contributed by atoms with Crippen molar-refractivity contribution in [3.8, 4) is 11.5 Å². The Labute approximate surface area is 187 Å². The number of ether oxygens (including phenoxy) is 1. The second kappa shape index (κ2) is 8.73. The molecule has 1 aliphatic rings. The maximum atomic E-state index is 13.4. The van der Waals surface area contributed by atoms with Crippen LogP contribution in [0.4, 0.5) is 0 Å². The highest BCUT2D eigenvalue weighted by atomic mass is 79.9. The van der Waals surface area contributed by atoms with Crippen molar-refractivity contribution in [2.24, 2.45) is 0 Å². The van der Waals surface area contributed by atoms with Gasteiger partial charge in [0.25, 0.3) is 11.8 Å². The third-order valence-electron chi connectivity index (χ3n) is 4.88. The molecule has 1 aliphatic heterocycles. The number of nitrogens with zero attached hydrogens (tertiary/aromatic N) is 2. The lowest BCUT2D eigenvalue weighted by molar-refractivity contribution is -0.123. The molecule has 156 valence electrons. The molecule has 4 rings (SSSR count). The number of hydrogen-bond acceptors (Lipinski definition) is 5. The average Bonchev–Trinajstić information content (AvgIpc) is 2.78. The van der Waals surface area contributed by atoms with Gasteiger partial charge in [-0.25, -0.2) is 0 Å². The largest absolute Gasteiger partial charge is 0.503 e. The molecule has 2 amide bonds. The fourth-order valence-electron chi connectivity index (χ4n) is 3.45. The van der Waals surface area contributed by atoms with Crippen molar-refractivity contribution < 1.29 is 19.4 Å². The molecule has 2 heterocycles. The van der Waals surface area contributed by atoms with Crippen LogP contribution < -0.4 is 4.74 Å². The molecular weight excluding hydrogens is 460 g/mol. The summed E-state index contributed by atoms with van der Waals surface area (Å²) in [5.74, 6) is -0.463. The first kappa shape index (κ1) is 20.8. The van der Waals surface area contributed by atoms with Crippen LogP contribution in [0.15, 0.2) is 65.3 Å². The van der Waals surface area contributed by atoms with Gasteiger partial charge < -0.3 is 9.84 Å². The Bertz CT molecular complexity index is 1190. The standard InChI is InChI=1S/C24H19BrN2O4/c1-2-31-21-13-15(12-20(25)22(21)28)11-19-17-8-3-4-9-18(17)23(29)27(24(19)30)14-16-7-5-6-10-26-16/h3-13,28H,2,14H2,1H3/b19-11+. The van der Waals surface area contributed by atoms with Gasteiger partial charge in [-0.3, -0.25) is 19.5 Å². The number of rotatable bonds is 5. The lowest BCUT2D eigenvalue weighted by atomic mass is 9.92. The Morgan fingerprint density at radius 3 is 2.52 bits per heavy atom. The quantitative estimate of drug-likeness (QED) is 0.425. The molecule has 0 aliphatic carbocycles. The molecule has 0 bridgehead atoms. The minimum absolute atomic E-state index is 0.00803. The molecule has 2 aromatic carbocycles. The van der Waals surface area contributed by atoms with Gasteiger partial charge in [-0.15, -0.1) is 0 Å². The first-order chi connectivity index (χ1) is 15.0. The van der Waals surface area contributed by atoms with Crippen LogP contribution in [-0.4, -0.2) is 33.4 Å². The van der Waals surface area contributed by atoms with Gasteiger partial charge >= 0.3 is 0 Å². The molecular formula is C24H19BrN2O4. The molecule has 0 fully saturated rings. The number of aromatic nitrogens is 1. The van der Waals surface area contributed by atoms with Crippen molar-refractivity contribution in [1.29, 1.82) is 0 Å². The number of aromatic hydroxyl groups is 1. The van der Waals surface area contributed by atoms with Gasteiger partial charge in [0.05, 0.1) is 23.3 Å². The first-order valence-electron chi connectivity index (χ1n) is 9.72. The highest BCUT2D eigenvalue weighted by Gasteiger charge is 2.34. The van der Waals surface area contributed by atoms with E-state index in [4.69, 9.17) is 4.74 Å². The number of phenolic OH excluding ortho intramolecular Hbond substituents is 1. The van der Waals surface area contributed by atoms with Gasteiger partial charge in [0.1, 0.15) is 0 Å².